The number of hydrogen-bond donors (Lipinski definition) is 1. The molecular formula is C9H17F3O2. The van der Waals surface area contributed by atoms with Gasteiger partial charge in [0.05, 0.1) is 12.7 Å². The van der Waals surface area contributed by atoms with Crippen molar-refractivity contribution in [1.82, 2.24) is 0 Å². The molecule has 0 aromatic heterocycles. The summed E-state index contributed by atoms with van der Waals surface area (Å²) in [6.45, 7) is 3.53. The number of alkyl halides is 3. The van der Waals surface area contributed by atoms with Crippen LogP contribution in [0.4, 0.5) is 13.2 Å². The van der Waals surface area contributed by atoms with Crippen LogP contribution in [0.25, 0.3) is 0 Å². The van der Waals surface area contributed by atoms with Gasteiger partial charge in [-0.15, -0.1) is 13.2 Å². The van der Waals surface area contributed by atoms with E-state index in [4.69, 9.17) is 0 Å². The van der Waals surface area contributed by atoms with Crippen LogP contribution in [0.1, 0.15) is 33.1 Å². The molecule has 0 fully saturated rings. The van der Waals surface area contributed by atoms with E-state index < -0.39 is 12.5 Å². The van der Waals surface area contributed by atoms with Gasteiger partial charge in [0.25, 0.3) is 0 Å². The van der Waals surface area contributed by atoms with Gasteiger partial charge in [0, 0.05) is 0 Å². The summed E-state index contributed by atoms with van der Waals surface area (Å²) in [5.41, 5.74) is 0. The lowest BCUT2D eigenvalue weighted by Gasteiger charge is -2.13. The third-order valence-corrected chi connectivity index (χ3v) is 1.69. The molecule has 0 amide bonds. The fourth-order valence-corrected chi connectivity index (χ4v) is 1.17. The topological polar surface area (TPSA) is 29.5 Å². The van der Waals surface area contributed by atoms with E-state index in [1.165, 1.54) is 0 Å². The summed E-state index contributed by atoms with van der Waals surface area (Å²) in [6.07, 6.45) is -3.87. The summed E-state index contributed by atoms with van der Waals surface area (Å²) in [5.74, 6) is 0.355. The van der Waals surface area contributed by atoms with Crippen LogP contribution < -0.4 is 0 Å². The minimum absolute atomic E-state index is 0.230. The average Bonchev–Trinajstić information content (AvgIpc) is 1.95. The molecule has 1 N–H and O–H groups in total. The molecule has 14 heavy (non-hydrogen) atoms. The number of hydrogen-bond acceptors (Lipinski definition) is 2. The molecule has 1 atom stereocenters. The highest BCUT2D eigenvalue weighted by molar-refractivity contribution is 4.58. The second-order valence-corrected chi connectivity index (χ2v) is 3.72. The molecule has 0 radical (unpaired) electrons. The minimum atomic E-state index is -4.55. The van der Waals surface area contributed by atoms with Crippen molar-refractivity contribution >= 4 is 0 Å². The number of halogens is 3. The molecule has 2 nitrogen and oxygen atoms in total. The van der Waals surface area contributed by atoms with Crippen LogP contribution in [0.5, 0.6) is 0 Å². The first-order valence-corrected chi connectivity index (χ1v) is 4.70. The van der Waals surface area contributed by atoms with Gasteiger partial charge in [0.2, 0.25) is 0 Å². The molecule has 0 spiro atoms. The summed E-state index contributed by atoms with van der Waals surface area (Å²) in [6, 6.07) is 0. The third kappa shape index (κ3) is 9.80. The van der Waals surface area contributed by atoms with E-state index in [1.54, 1.807) is 0 Å². The molecule has 1 unspecified atom stereocenters. The van der Waals surface area contributed by atoms with Gasteiger partial charge in [-0.05, 0) is 25.2 Å². The van der Waals surface area contributed by atoms with Crippen molar-refractivity contribution in [3.05, 3.63) is 0 Å². The predicted octanol–water partition coefficient (Wildman–Crippen LogP) is 2.71. The Bertz CT molecular complexity index is 145. The van der Waals surface area contributed by atoms with Crippen LogP contribution in [0.2, 0.25) is 0 Å². The number of aliphatic hydroxyl groups is 1. The summed E-state index contributed by atoms with van der Waals surface area (Å²) < 4.78 is 38.1. The largest absolute Gasteiger partial charge is 0.522 e. The summed E-state index contributed by atoms with van der Waals surface area (Å²) in [4.78, 5) is 0. The Labute approximate surface area is 82.1 Å². The Morgan fingerprint density at radius 1 is 1.29 bits per heavy atom. The number of aliphatic hydroxyl groups excluding tert-OH is 1. The average molecular weight is 214 g/mol. The fraction of sp³-hybridized carbons (Fsp3) is 1.00. The lowest BCUT2D eigenvalue weighted by Crippen LogP contribution is -2.16. The smallest absolute Gasteiger partial charge is 0.393 e. The van der Waals surface area contributed by atoms with Gasteiger partial charge in [-0.3, -0.25) is 4.74 Å². The van der Waals surface area contributed by atoms with Crippen molar-refractivity contribution in [1.29, 1.82) is 0 Å². The van der Waals surface area contributed by atoms with E-state index in [0.29, 0.717) is 18.8 Å². The molecule has 0 rings (SSSR count). The van der Waals surface area contributed by atoms with E-state index in [1.807, 2.05) is 13.8 Å². The Morgan fingerprint density at radius 2 is 1.86 bits per heavy atom. The molecule has 0 aromatic rings. The highest BCUT2D eigenvalue weighted by Gasteiger charge is 2.28. The second kappa shape index (κ2) is 6.24. The summed E-state index contributed by atoms with van der Waals surface area (Å²) >= 11 is 0. The zero-order chi connectivity index (χ0) is 11.2. The van der Waals surface area contributed by atoms with Crippen molar-refractivity contribution in [3.8, 4) is 0 Å². The lowest BCUT2D eigenvalue weighted by atomic mass is 10.0. The van der Waals surface area contributed by atoms with Crippen molar-refractivity contribution in [2.45, 2.75) is 45.6 Å². The van der Waals surface area contributed by atoms with Crippen LogP contribution in [0.15, 0.2) is 0 Å². The van der Waals surface area contributed by atoms with Gasteiger partial charge in [0.1, 0.15) is 0 Å². The highest BCUT2D eigenvalue weighted by atomic mass is 19.4. The predicted molar refractivity (Wildman–Crippen MR) is 46.7 cm³/mol. The van der Waals surface area contributed by atoms with Crippen molar-refractivity contribution in [3.63, 3.8) is 0 Å². The Balaban J connectivity index is 3.36. The number of rotatable bonds is 6. The zero-order valence-corrected chi connectivity index (χ0v) is 8.47. The molecule has 0 aliphatic rings. The third-order valence-electron chi connectivity index (χ3n) is 1.69. The van der Waals surface area contributed by atoms with Crippen LogP contribution in [0, 0.1) is 5.92 Å². The van der Waals surface area contributed by atoms with E-state index in [0.717, 1.165) is 0 Å². The minimum Gasteiger partial charge on any atom is -0.393 e. The van der Waals surface area contributed by atoms with Crippen LogP contribution >= 0.6 is 0 Å². The van der Waals surface area contributed by atoms with E-state index in [9.17, 15) is 18.3 Å². The molecule has 0 heterocycles. The van der Waals surface area contributed by atoms with Crippen molar-refractivity contribution in [2.75, 3.05) is 6.61 Å². The monoisotopic (exact) mass is 214 g/mol. The molecule has 86 valence electrons. The SMILES string of the molecule is CC(C)CC(O)CCCOC(F)(F)F. The Morgan fingerprint density at radius 3 is 2.29 bits per heavy atom. The van der Waals surface area contributed by atoms with Crippen molar-refractivity contribution < 1.29 is 23.0 Å². The maximum atomic E-state index is 11.5. The summed E-state index contributed by atoms with van der Waals surface area (Å²) in [5, 5.41) is 9.31. The van der Waals surface area contributed by atoms with Gasteiger partial charge >= 0.3 is 6.36 Å². The molecule has 0 aliphatic carbocycles. The lowest BCUT2D eigenvalue weighted by molar-refractivity contribution is -0.324. The van der Waals surface area contributed by atoms with E-state index >= 15 is 0 Å². The molecule has 5 heteroatoms. The van der Waals surface area contributed by atoms with E-state index in [-0.39, 0.29) is 13.0 Å². The molecule has 0 aromatic carbocycles. The van der Waals surface area contributed by atoms with Gasteiger partial charge in [-0.1, -0.05) is 13.8 Å². The van der Waals surface area contributed by atoms with Crippen LogP contribution in [-0.4, -0.2) is 24.2 Å². The molecule has 0 saturated heterocycles. The second-order valence-electron chi connectivity index (χ2n) is 3.72. The van der Waals surface area contributed by atoms with Gasteiger partial charge in [0.15, 0.2) is 0 Å². The zero-order valence-electron chi connectivity index (χ0n) is 8.47. The van der Waals surface area contributed by atoms with Gasteiger partial charge in [-0.25, -0.2) is 0 Å². The van der Waals surface area contributed by atoms with E-state index in [2.05, 4.69) is 4.74 Å². The first-order valence-electron chi connectivity index (χ1n) is 4.70. The highest BCUT2D eigenvalue weighted by Crippen LogP contribution is 2.17. The molecule has 0 saturated carbocycles. The van der Waals surface area contributed by atoms with Crippen LogP contribution in [0.3, 0.4) is 0 Å². The van der Waals surface area contributed by atoms with Crippen LogP contribution in [-0.2, 0) is 4.74 Å². The first-order chi connectivity index (χ1) is 6.31. The quantitative estimate of drug-likeness (QED) is 0.689. The summed E-state index contributed by atoms with van der Waals surface area (Å²) in [7, 11) is 0. The molecular weight excluding hydrogens is 197 g/mol. The fourth-order valence-electron chi connectivity index (χ4n) is 1.17. The van der Waals surface area contributed by atoms with Gasteiger partial charge in [-0.2, -0.15) is 0 Å². The maximum absolute atomic E-state index is 11.5. The van der Waals surface area contributed by atoms with Gasteiger partial charge < -0.3 is 5.11 Å². The Hall–Kier alpha value is -0.290. The Kier molecular flexibility index (Phi) is 6.11. The molecule has 0 bridgehead atoms. The van der Waals surface area contributed by atoms with Crippen molar-refractivity contribution in [2.24, 2.45) is 5.92 Å². The maximum Gasteiger partial charge on any atom is 0.522 e. The number of ether oxygens (including phenoxy) is 1. The normalized spacial score (nSPS) is 14.8. The molecule has 0 aliphatic heterocycles. The standard InChI is InChI=1S/C9H17F3O2/c1-7(2)6-8(13)4-3-5-14-9(10,11)12/h7-8,13H,3-6H2,1-2H3. The first kappa shape index (κ1) is 13.7.